The summed E-state index contributed by atoms with van der Waals surface area (Å²) in [5.41, 5.74) is 4.93. The van der Waals surface area contributed by atoms with Crippen LogP contribution in [0.25, 0.3) is 17.0 Å². The summed E-state index contributed by atoms with van der Waals surface area (Å²) in [6, 6.07) is 29.6. The topological polar surface area (TPSA) is 65.9 Å². The van der Waals surface area contributed by atoms with Crippen LogP contribution < -0.4 is 0 Å². The molecule has 1 N–H and O–H groups in total. The molecule has 1 fully saturated rings. The summed E-state index contributed by atoms with van der Waals surface area (Å²) >= 11 is 0. The number of para-hydroxylation sites is 1. The van der Waals surface area contributed by atoms with Gasteiger partial charge in [-0.1, -0.05) is 91.0 Å². The summed E-state index contributed by atoms with van der Waals surface area (Å²) in [4.78, 5) is 8.42. The highest BCUT2D eigenvalue weighted by Gasteiger charge is 2.30. The molecule has 0 bridgehead atoms. The molecule has 1 aliphatic heterocycles. The standard InChI is InChI=1S/C31H33N7/c1-3-10-25(11-4-1)12-9-18-36-20-22-37(23-21-36)30(26-13-5-2-6-14-26)31-33-34-35-38(31)19-17-27-24-32-29-16-8-7-15-28(27)29/h1-16,24,30,32H,17-23H2/b12-9+. The van der Waals surface area contributed by atoms with Crippen LogP contribution in [0, 0.1) is 0 Å². The molecule has 7 heteroatoms. The smallest absolute Gasteiger partial charge is 0.173 e. The van der Waals surface area contributed by atoms with Gasteiger partial charge in [-0.2, -0.15) is 0 Å². The number of hydrogen-bond acceptors (Lipinski definition) is 5. The number of aromatic nitrogens is 5. The highest BCUT2D eigenvalue weighted by molar-refractivity contribution is 5.83. The van der Waals surface area contributed by atoms with Crippen LogP contribution in [0.2, 0.25) is 0 Å². The van der Waals surface area contributed by atoms with Crippen LogP contribution in [0.1, 0.15) is 28.6 Å². The molecule has 5 aromatic rings. The number of rotatable bonds is 9. The van der Waals surface area contributed by atoms with Crippen molar-refractivity contribution in [3.63, 3.8) is 0 Å². The number of hydrogen-bond donors (Lipinski definition) is 1. The number of benzene rings is 3. The second kappa shape index (κ2) is 11.5. The Hall–Kier alpha value is -4.07. The van der Waals surface area contributed by atoms with Gasteiger partial charge in [-0.25, -0.2) is 4.68 Å². The minimum atomic E-state index is 0.0242. The minimum Gasteiger partial charge on any atom is -0.361 e. The Bertz CT molecular complexity index is 1460. The summed E-state index contributed by atoms with van der Waals surface area (Å²) in [5, 5.41) is 14.4. The van der Waals surface area contributed by atoms with Crippen molar-refractivity contribution in [2.24, 2.45) is 0 Å². The molecule has 192 valence electrons. The van der Waals surface area contributed by atoms with Crippen LogP contribution in [0.3, 0.4) is 0 Å². The van der Waals surface area contributed by atoms with Gasteiger partial charge in [0.15, 0.2) is 5.82 Å². The monoisotopic (exact) mass is 503 g/mol. The summed E-state index contributed by atoms with van der Waals surface area (Å²) in [7, 11) is 0. The van der Waals surface area contributed by atoms with Crippen molar-refractivity contribution < 1.29 is 0 Å². The maximum atomic E-state index is 4.56. The van der Waals surface area contributed by atoms with Crippen molar-refractivity contribution in [1.82, 2.24) is 35.0 Å². The molecule has 3 aromatic carbocycles. The van der Waals surface area contributed by atoms with E-state index in [-0.39, 0.29) is 6.04 Å². The number of fused-ring (bicyclic) bond motifs is 1. The average molecular weight is 504 g/mol. The molecule has 1 saturated heterocycles. The lowest BCUT2D eigenvalue weighted by Crippen LogP contribution is -2.48. The number of aromatic amines is 1. The van der Waals surface area contributed by atoms with E-state index in [1.54, 1.807) is 0 Å². The van der Waals surface area contributed by atoms with Crippen molar-refractivity contribution in [2.75, 3.05) is 32.7 Å². The molecule has 6 rings (SSSR count). The van der Waals surface area contributed by atoms with Crippen LogP contribution >= 0.6 is 0 Å². The Kier molecular flexibility index (Phi) is 7.37. The van der Waals surface area contributed by atoms with Crippen LogP contribution in [-0.2, 0) is 13.0 Å². The zero-order chi connectivity index (χ0) is 25.6. The molecule has 7 nitrogen and oxygen atoms in total. The molecular weight excluding hydrogens is 470 g/mol. The summed E-state index contributed by atoms with van der Waals surface area (Å²) in [5.74, 6) is 0.911. The summed E-state index contributed by atoms with van der Waals surface area (Å²) < 4.78 is 1.99. The van der Waals surface area contributed by atoms with Crippen LogP contribution in [-0.4, -0.2) is 67.7 Å². The second-order valence-electron chi connectivity index (χ2n) is 9.83. The lowest BCUT2D eigenvalue weighted by molar-refractivity contribution is 0.112. The van der Waals surface area contributed by atoms with E-state index in [2.05, 4.69) is 134 Å². The van der Waals surface area contributed by atoms with Crippen molar-refractivity contribution in [1.29, 1.82) is 0 Å². The van der Waals surface area contributed by atoms with Crippen molar-refractivity contribution >= 4 is 17.0 Å². The fraction of sp³-hybridized carbons (Fsp3) is 0.258. The number of nitrogens with one attached hydrogen (secondary N) is 1. The molecule has 0 amide bonds. The molecule has 0 spiro atoms. The Balaban J connectivity index is 1.16. The quantitative estimate of drug-likeness (QED) is 0.313. The van der Waals surface area contributed by atoms with Gasteiger partial charge in [0.05, 0.1) is 6.04 Å². The van der Waals surface area contributed by atoms with Gasteiger partial charge in [0.2, 0.25) is 0 Å². The zero-order valence-electron chi connectivity index (χ0n) is 21.5. The van der Waals surface area contributed by atoms with Crippen molar-refractivity contribution in [3.8, 4) is 0 Å². The Morgan fingerprint density at radius 3 is 2.39 bits per heavy atom. The second-order valence-corrected chi connectivity index (χ2v) is 9.83. The predicted molar refractivity (Wildman–Crippen MR) is 152 cm³/mol. The third-order valence-corrected chi connectivity index (χ3v) is 7.43. The molecule has 0 radical (unpaired) electrons. The Morgan fingerprint density at radius 1 is 0.842 bits per heavy atom. The van der Waals surface area contributed by atoms with Gasteiger partial charge in [-0.3, -0.25) is 9.80 Å². The first-order valence-corrected chi connectivity index (χ1v) is 13.4. The van der Waals surface area contributed by atoms with Gasteiger partial charge in [0.25, 0.3) is 0 Å². The van der Waals surface area contributed by atoms with E-state index in [1.807, 2.05) is 4.68 Å². The van der Waals surface area contributed by atoms with Crippen molar-refractivity contribution in [3.05, 3.63) is 120 Å². The molecule has 0 saturated carbocycles. The molecule has 2 aromatic heterocycles. The number of tetrazole rings is 1. The fourth-order valence-corrected chi connectivity index (χ4v) is 5.40. The molecule has 1 atom stereocenters. The lowest BCUT2D eigenvalue weighted by Gasteiger charge is -2.38. The van der Waals surface area contributed by atoms with Gasteiger partial charge >= 0.3 is 0 Å². The van der Waals surface area contributed by atoms with Crippen LogP contribution in [0.5, 0.6) is 0 Å². The third kappa shape index (κ3) is 5.44. The van der Waals surface area contributed by atoms with E-state index in [1.165, 1.54) is 22.1 Å². The van der Waals surface area contributed by atoms with Crippen LogP contribution in [0.15, 0.2) is 97.2 Å². The maximum absolute atomic E-state index is 4.56. The minimum absolute atomic E-state index is 0.0242. The zero-order valence-corrected chi connectivity index (χ0v) is 21.5. The van der Waals surface area contributed by atoms with E-state index < -0.39 is 0 Å². The van der Waals surface area contributed by atoms with Gasteiger partial charge < -0.3 is 4.98 Å². The summed E-state index contributed by atoms with van der Waals surface area (Å²) in [6.07, 6.45) is 7.45. The first kappa shape index (κ1) is 24.3. The Morgan fingerprint density at radius 2 is 1.58 bits per heavy atom. The van der Waals surface area contributed by atoms with Crippen LogP contribution in [0.4, 0.5) is 0 Å². The van der Waals surface area contributed by atoms with E-state index >= 15 is 0 Å². The average Bonchev–Trinajstić information content (AvgIpc) is 3.61. The highest BCUT2D eigenvalue weighted by Crippen LogP contribution is 2.28. The number of H-pyrrole nitrogens is 1. The number of nitrogens with zero attached hydrogens (tertiary/aromatic N) is 6. The largest absolute Gasteiger partial charge is 0.361 e. The van der Waals surface area contributed by atoms with E-state index in [0.29, 0.717) is 0 Å². The van der Waals surface area contributed by atoms with Gasteiger partial charge in [0, 0.05) is 56.4 Å². The fourth-order valence-electron chi connectivity index (χ4n) is 5.40. The van der Waals surface area contributed by atoms with Gasteiger partial charge in [-0.15, -0.1) is 5.10 Å². The molecular formula is C31H33N7. The first-order valence-electron chi connectivity index (χ1n) is 13.4. The van der Waals surface area contributed by atoms with Gasteiger partial charge in [0.1, 0.15) is 0 Å². The van der Waals surface area contributed by atoms with E-state index in [4.69, 9.17) is 0 Å². The molecule has 1 unspecified atom stereocenters. The molecule has 3 heterocycles. The summed E-state index contributed by atoms with van der Waals surface area (Å²) in [6.45, 7) is 5.65. The lowest BCUT2D eigenvalue weighted by atomic mass is 10.0. The number of aryl methyl sites for hydroxylation is 2. The van der Waals surface area contributed by atoms with E-state index in [9.17, 15) is 0 Å². The van der Waals surface area contributed by atoms with Gasteiger partial charge in [-0.05, 0) is 39.6 Å². The third-order valence-electron chi connectivity index (χ3n) is 7.43. The Labute approximate surface area is 223 Å². The predicted octanol–water partition coefficient (Wildman–Crippen LogP) is 4.82. The SMILES string of the molecule is C(=C\c1ccccc1)/CN1CCN(C(c2ccccc2)c2nnnn2CCc2c[nH]c3ccccc23)CC1. The molecule has 38 heavy (non-hydrogen) atoms. The normalized spacial score (nSPS) is 15.9. The maximum Gasteiger partial charge on any atom is 0.173 e. The molecule has 0 aliphatic carbocycles. The highest BCUT2D eigenvalue weighted by atomic mass is 15.6. The molecule has 1 aliphatic rings. The van der Waals surface area contributed by atoms with E-state index in [0.717, 1.165) is 57.0 Å². The first-order chi connectivity index (χ1) is 18.8. The number of piperazine rings is 1. The van der Waals surface area contributed by atoms with Crippen molar-refractivity contribution in [2.45, 2.75) is 19.0 Å².